The van der Waals surface area contributed by atoms with Crippen molar-refractivity contribution in [1.82, 2.24) is 0 Å². The van der Waals surface area contributed by atoms with Gasteiger partial charge in [0.25, 0.3) is 0 Å². The molecular weight excluding hydrogens is 299 g/mol. The fourth-order valence-corrected chi connectivity index (χ4v) is 2.08. The molecular formula is C11H11NaO7S. The van der Waals surface area contributed by atoms with Crippen molar-refractivity contribution in [3.8, 4) is 0 Å². The molecule has 0 heterocycles. The zero-order chi connectivity index (χ0) is 14.6. The summed E-state index contributed by atoms with van der Waals surface area (Å²) in [7, 11) is -2.33. The van der Waals surface area contributed by atoms with E-state index >= 15 is 0 Å². The van der Waals surface area contributed by atoms with Crippen molar-refractivity contribution in [3.05, 3.63) is 34.9 Å². The van der Waals surface area contributed by atoms with Crippen molar-refractivity contribution in [2.75, 3.05) is 14.2 Å². The van der Waals surface area contributed by atoms with Crippen LogP contribution in [0.15, 0.2) is 18.2 Å². The third kappa shape index (κ3) is 5.22. The van der Waals surface area contributed by atoms with Gasteiger partial charge >= 0.3 is 41.5 Å². The molecule has 0 spiro atoms. The summed E-state index contributed by atoms with van der Waals surface area (Å²) in [5.74, 6) is -2.42. The summed E-state index contributed by atoms with van der Waals surface area (Å²) in [6, 6.07) is 3.60. The summed E-state index contributed by atoms with van der Waals surface area (Å²) in [5, 5.41) is 0. The van der Waals surface area contributed by atoms with E-state index in [1.165, 1.54) is 12.1 Å². The van der Waals surface area contributed by atoms with Crippen LogP contribution in [0.3, 0.4) is 0 Å². The van der Waals surface area contributed by atoms with Gasteiger partial charge in [-0.1, -0.05) is 0 Å². The Balaban J connectivity index is 0.00000361. The average molecular weight is 310 g/mol. The van der Waals surface area contributed by atoms with E-state index < -0.39 is 27.8 Å². The minimum atomic E-state index is -4.60. The van der Waals surface area contributed by atoms with E-state index in [9.17, 15) is 22.6 Å². The van der Waals surface area contributed by atoms with Crippen LogP contribution in [0.4, 0.5) is 0 Å². The third-order valence-electron chi connectivity index (χ3n) is 2.26. The van der Waals surface area contributed by atoms with Gasteiger partial charge < -0.3 is 14.0 Å². The third-order valence-corrected chi connectivity index (χ3v) is 2.93. The Morgan fingerprint density at radius 1 is 1.15 bits per heavy atom. The molecule has 1 aromatic rings. The van der Waals surface area contributed by atoms with Crippen molar-refractivity contribution in [2.45, 2.75) is 5.75 Å². The van der Waals surface area contributed by atoms with Gasteiger partial charge in [-0.2, -0.15) is 0 Å². The Bertz CT molecular complexity index is 609. The maximum atomic E-state index is 11.4. The Hall–Kier alpha value is -0.930. The van der Waals surface area contributed by atoms with Crippen LogP contribution in [-0.2, 0) is 25.3 Å². The number of rotatable bonds is 4. The molecule has 0 aliphatic heterocycles. The van der Waals surface area contributed by atoms with Crippen LogP contribution < -0.4 is 29.6 Å². The van der Waals surface area contributed by atoms with Gasteiger partial charge in [0.2, 0.25) is 0 Å². The molecule has 7 nitrogen and oxygen atoms in total. The molecule has 0 unspecified atom stereocenters. The van der Waals surface area contributed by atoms with E-state index in [1.54, 1.807) is 0 Å². The molecule has 0 N–H and O–H groups in total. The molecule has 0 aliphatic carbocycles. The van der Waals surface area contributed by atoms with Crippen molar-refractivity contribution in [2.24, 2.45) is 0 Å². The zero-order valence-electron chi connectivity index (χ0n) is 11.2. The van der Waals surface area contributed by atoms with Crippen LogP contribution in [-0.4, -0.2) is 39.1 Å². The quantitative estimate of drug-likeness (QED) is 0.338. The topological polar surface area (TPSA) is 110 Å². The first-order valence-electron chi connectivity index (χ1n) is 5.01. The molecule has 0 bridgehead atoms. The van der Waals surface area contributed by atoms with E-state index in [0.29, 0.717) is 0 Å². The number of hydrogen-bond donors (Lipinski definition) is 0. The van der Waals surface area contributed by atoms with Gasteiger partial charge in [0.15, 0.2) is 0 Å². The smallest absolute Gasteiger partial charge is 0.748 e. The van der Waals surface area contributed by atoms with Crippen LogP contribution in [0.5, 0.6) is 0 Å². The predicted octanol–water partition coefficient (Wildman–Crippen LogP) is -2.69. The molecule has 9 heteroatoms. The molecule has 0 saturated heterocycles. The SMILES string of the molecule is COC(=O)c1ccc(C(=O)OC)c(CS(=O)(=O)[O-])c1.[Na+]. The van der Waals surface area contributed by atoms with Gasteiger partial charge in [0.1, 0.15) is 0 Å². The van der Waals surface area contributed by atoms with Crippen molar-refractivity contribution >= 4 is 22.1 Å². The first-order valence-corrected chi connectivity index (χ1v) is 6.59. The second-order valence-electron chi connectivity index (χ2n) is 3.56. The maximum absolute atomic E-state index is 11.4. The largest absolute Gasteiger partial charge is 1.00 e. The summed E-state index contributed by atoms with van der Waals surface area (Å²) in [6.07, 6.45) is 0. The summed E-state index contributed by atoms with van der Waals surface area (Å²) in [6.45, 7) is 0. The number of carbonyl (C=O) groups excluding carboxylic acids is 2. The number of carbonyl (C=O) groups is 2. The first-order chi connectivity index (χ1) is 8.78. The fourth-order valence-electron chi connectivity index (χ4n) is 1.46. The molecule has 1 aromatic carbocycles. The van der Waals surface area contributed by atoms with Crippen LogP contribution in [0.1, 0.15) is 26.3 Å². The maximum Gasteiger partial charge on any atom is 1.00 e. The molecule has 0 aliphatic rings. The molecule has 20 heavy (non-hydrogen) atoms. The second kappa shape index (κ2) is 7.75. The van der Waals surface area contributed by atoms with Gasteiger partial charge in [-0.3, -0.25) is 0 Å². The molecule has 1 rings (SSSR count). The number of esters is 2. The summed E-state index contributed by atoms with van der Waals surface area (Å²) < 4.78 is 41.3. The predicted molar refractivity (Wildman–Crippen MR) is 62.5 cm³/mol. The van der Waals surface area contributed by atoms with Crippen LogP contribution in [0.25, 0.3) is 0 Å². The second-order valence-corrected chi connectivity index (χ2v) is 4.96. The van der Waals surface area contributed by atoms with Crippen molar-refractivity contribution < 1.29 is 61.6 Å². The van der Waals surface area contributed by atoms with Gasteiger partial charge in [0.05, 0.1) is 41.2 Å². The molecule has 104 valence electrons. The van der Waals surface area contributed by atoms with E-state index in [-0.39, 0.29) is 46.2 Å². The number of hydrogen-bond acceptors (Lipinski definition) is 7. The van der Waals surface area contributed by atoms with Gasteiger partial charge in [0, 0.05) is 0 Å². The molecule has 0 saturated carbocycles. The standard InChI is InChI=1S/C11H12O7S.Na/c1-17-10(12)7-3-4-9(11(13)18-2)8(5-7)6-19(14,15)16;/h3-5H,6H2,1-2H3,(H,14,15,16);/q;+1/p-1. The molecule has 0 radical (unpaired) electrons. The molecule has 0 fully saturated rings. The monoisotopic (exact) mass is 310 g/mol. The first kappa shape index (κ1) is 19.1. The van der Waals surface area contributed by atoms with Crippen molar-refractivity contribution in [1.29, 1.82) is 0 Å². The average Bonchev–Trinajstić information content (AvgIpc) is 2.35. The molecule has 0 aromatic heterocycles. The van der Waals surface area contributed by atoms with E-state index in [1.807, 2.05) is 0 Å². The van der Waals surface area contributed by atoms with Crippen LogP contribution in [0.2, 0.25) is 0 Å². The van der Waals surface area contributed by atoms with Gasteiger partial charge in [-0.05, 0) is 23.8 Å². The molecule has 0 atom stereocenters. The van der Waals surface area contributed by atoms with E-state index in [4.69, 9.17) is 0 Å². The van der Waals surface area contributed by atoms with Crippen LogP contribution >= 0.6 is 0 Å². The molecule has 0 amide bonds. The minimum Gasteiger partial charge on any atom is -0.748 e. The Labute approximate surface area is 138 Å². The minimum absolute atomic E-state index is 0. The van der Waals surface area contributed by atoms with Crippen LogP contribution in [0, 0.1) is 0 Å². The Morgan fingerprint density at radius 2 is 1.70 bits per heavy atom. The van der Waals surface area contributed by atoms with Gasteiger partial charge in [-0.15, -0.1) is 0 Å². The Kier molecular flexibility index (Phi) is 7.39. The summed E-state index contributed by atoms with van der Waals surface area (Å²) >= 11 is 0. The summed E-state index contributed by atoms with van der Waals surface area (Å²) in [4.78, 5) is 22.8. The fraction of sp³-hybridized carbons (Fsp3) is 0.273. The Morgan fingerprint density at radius 3 is 2.15 bits per heavy atom. The zero-order valence-corrected chi connectivity index (χ0v) is 14.0. The number of benzene rings is 1. The van der Waals surface area contributed by atoms with Crippen molar-refractivity contribution in [3.63, 3.8) is 0 Å². The van der Waals surface area contributed by atoms with Gasteiger partial charge in [-0.25, -0.2) is 18.0 Å². The number of methoxy groups -OCH3 is 2. The van der Waals surface area contributed by atoms with E-state index in [2.05, 4.69) is 9.47 Å². The summed E-state index contributed by atoms with van der Waals surface area (Å²) in [5.41, 5.74) is -0.159. The van der Waals surface area contributed by atoms with E-state index in [0.717, 1.165) is 20.3 Å². The number of ether oxygens (including phenoxy) is 2. The normalized spacial score (nSPS) is 10.3.